The number of carbonyl (C=O) groups is 1. The highest BCUT2D eigenvalue weighted by atomic mass is 16.3. The van der Waals surface area contributed by atoms with Gasteiger partial charge in [0.15, 0.2) is 0 Å². The minimum atomic E-state index is -0.644. The van der Waals surface area contributed by atoms with E-state index in [2.05, 4.69) is 12.2 Å². The zero-order valence-corrected chi connectivity index (χ0v) is 11.8. The molecule has 0 saturated carbocycles. The van der Waals surface area contributed by atoms with Crippen molar-refractivity contribution in [1.82, 2.24) is 5.32 Å². The van der Waals surface area contributed by atoms with Gasteiger partial charge in [0.05, 0.1) is 18.8 Å². The highest BCUT2D eigenvalue weighted by Gasteiger charge is 2.18. The maximum atomic E-state index is 10.9. The smallest absolute Gasteiger partial charge is 0.217 e. The fraction of sp³-hybridized carbons (Fsp3) is 0.929. The molecule has 1 amide bonds. The molecular formula is C14H29NO3. The number of rotatable bonds is 11. The lowest BCUT2D eigenvalue weighted by Crippen LogP contribution is -2.44. The van der Waals surface area contributed by atoms with Crippen molar-refractivity contribution in [2.45, 2.75) is 77.4 Å². The topological polar surface area (TPSA) is 69.6 Å². The van der Waals surface area contributed by atoms with Gasteiger partial charge in [-0.2, -0.15) is 0 Å². The van der Waals surface area contributed by atoms with Gasteiger partial charge < -0.3 is 15.5 Å². The van der Waals surface area contributed by atoms with Crippen LogP contribution < -0.4 is 5.32 Å². The van der Waals surface area contributed by atoms with Crippen LogP contribution in [0.5, 0.6) is 0 Å². The Morgan fingerprint density at radius 3 is 2.17 bits per heavy atom. The Balaban J connectivity index is 3.55. The van der Waals surface area contributed by atoms with Crippen LogP contribution >= 0.6 is 0 Å². The zero-order valence-electron chi connectivity index (χ0n) is 11.8. The number of unbranched alkanes of at least 4 members (excludes halogenated alkanes) is 6. The molecule has 4 heteroatoms. The normalized spacial score (nSPS) is 14.2. The molecular weight excluding hydrogens is 230 g/mol. The fourth-order valence-corrected chi connectivity index (χ4v) is 2.04. The largest absolute Gasteiger partial charge is 0.394 e. The summed E-state index contributed by atoms with van der Waals surface area (Å²) in [5, 5.41) is 21.5. The predicted octanol–water partition coefficient (Wildman–Crippen LogP) is 1.98. The molecule has 0 unspecified atom stereocenters. The summed E-state index contributed by atoms with van der Waals surface area (Å²) in [7, 11) is 0. The lowest BCUT2D eigenvalue weighted by atomic mass is 10.0. The molecule has 0 aliphatic rings. The van der Waals surface area contributed by atoms with Gasteiger partial charge in [0, 0.05) is 6.92 Å². The lowest BCUT2D eigenvalue weighted by Gasteiger charge is -2.21. The molecule has 0 radical (unpaired) electrons. The van der Waals surface area contributed by atoms with Gasteiger partial charge in [-0.05, 0) is 6.42 Å². The molecule has 0 saturated heterocycles. The van der Waals surface area contributed by atoms with Gasteiger partial charge in [0.25, 0.3) is 0 Å². The highest BCUT2D eigenvalue weighted by Crippen LogP contribution is 2.11. The van der Waals surface area contributed by atoms with Crippen LogP contribution in [0.25, 0.3) is 0 Å². The maximum Gasteiger partial charge on any atom is 0.217 e. The van der Waals surface area contributed by atoms with Crippen molar-refractivity contribution in [3.8, 4) is 0 Å². The van der Waals surface area contributed by atoms with E-state index in [1.165, 1.54) is 39.0 Å². The van der Waals surface area contributed by atoms with Crippen LogP contribution in [0, 0.1) is 0 Å². The lowest BCUT2D eigenvalue weighted by molar-refractivity contribution is -0.121. The quantitative estimate of drug-likeness (QED) is 0.497. The number of aliphatic hydroxyl groups is 2. The Bertz CT molecular complexity index is 209. The summed E-state index contributed by atoms with van der Waals surface area (Å²) < 4.78 is 0. The third-order valence-electron chi connectivity index (χ3n) is 3.15. The van der Waals surface area contributed by atoms with Gasteiger partial charge >= 0.3 is 0 Å². The van der Waals surface area contributed by atoms with Gasteiger partial charge in [-0.3, -0.25) is 4.79 Å². The summed E-state index contributed by atoms with van der Waals surface area (Å²) in [6.45, 7) is 3.38. The molecule has 0 fully saturated rings. The third kappa shape index (κ3) is 9.42. The third-order valence-corrected chi connectivity index (χ3v) is 3.15. The van der Waals surface area contributed by atoms with E-state index in [4.69, 9.17) is 5.11 Å². The molecule has 0 aromatic carbocycles. The van der Waals surface area contributed by atoms with Crippen LogP contribution in [0.15, 0.2) is 0 Å². The molecule has 108 valence electrons. The first-order chi connectivity index (χ1) is 8.61. The zero-order chi connectivity index (χ0) is 13.8. The number of carbonyl (C=O) groups excluding carboxylic acids is 1. The Kier molecular flexibility index (Phi) is 11.1. The molecule has 0 bridgehead atoms. The van der Waals surface area contributed by atoms with Gasteiger partial charge in [-0.25, -0.2) is 0 Å². The van der Waals surface area contributed by atoms with E-state index in [1.807, 2.05) is 0 Å². The Morgan fingerprint density at radius 1 is 1.11 bits per heavy atom. The van der Waals surface area contributed by atoms with Crippen LogP contribution in [-0.4, -0.2) is 34.9 Å². The molecule has 0 heterocycles. The van der Waals surface area contributed by atoms with Crippen LogP contribution in [0.3, 0.4) is 0 Å². The number of amides is 1. The van der Waals surface area contributed by atoms with E-state index in [1.54, 1.807) is 0 Å². The molecule has 4 nitrogen and oxygen atoms in total. The first-order valence-electron chi connectivity index (χ1n) is 7.17. The highest BCUT2D eigenvalue weighted by molar-refractivity contribution is 5.73. The second-order valence-electron chi connectivity index (χ2n) is 4.97. The monoisotopic (exact) mass is 259 g/mol. The van der Waals surface area contributed by atoms with Crippen molar-refractivity contribution in [1.29, 1.82) is 0 Å². The summed E-state index contributed by atoms with van der Waals surface area (Å²) in [5.74, 6) is -0.215. The maximum absolute atomic E-state index is 10.9. The SMILES string of the molecule is CCCCCCCCC[C@H](O)[C@@H](CO)NC(C)=O. The summed E-state index contributed by atoms with van der Waals surface area (Å²) >= 11 is 0. The second kappa shape index (κ2) is 11.5. The molecule has 0 rings (SSSR count). The number of aliphatic hydroxyl groups excluding tert-OH is 2. The van der Waals surface area contributed by atoms with Crippen LogP contribution in [0.4, 0.5) is 0 Å². The number of hydrogen-bond acceptors (Lipinski definition) is 3. The predicted molar refractivity (Wildman–Crippen MR) is 73.3 cm³/mol. The first-order valence-corrected chi connectivity index (χ1v) is 7.17. The minimum Gasteiger partial charge on any atom is -0.394 e. The van der Waals surface area contributed by atoms with Crippen LogP contribution in [0.1, 0.15) is 65.2 Å². The molecule has 2 atom stereocenters. The van der Waals surface area contributed by atoms with E-state index in [-0.39, 0.29) is 12.5 Å². The van der Waals surface area contributed by atoms with E-state index >= 15 is 0 Å². The van der Waals surface area contributed by atoms with Crippen LogP contribution in [-0.2, 0) is 4.79 Å². The molecule has 3 N–H and O–H groups in total. The van der Waals surface area contributed by atoms with Gasteiger partial charge in [-0.1, -0.05) is 51.9 Å². The minimum absolute atomic E-state index is 0.211. The van der Waals surface area contributed by atoms with Crippen molar-refractivity contribution in [3.63, 3.8) is 0 Å². The standard InChI is InChI=1S/C14H29NO3/c1-3-4-5-6-7-8-9-10-14(18)13(11-16)15-12(2)17/h13-14,16,18H,3-11H2,1-2H3,(H,15,17)/t13-,14+/m1/s1. The van der Waals surface area contributed by atoms with Gasteiger partial charge in [0.1, 0.15) is 0 Å². The summed E-state index contributed by atoms with van der Waals surface area (Å²) in [4.78, 5) is 10.9. The van der Waals surface area contributed by atoms with E-state index in [0.29, 0.717) is 6.42 Å². The van der Waals surface area contributed by atoms with Gasteiger partial charge in [0.2, 0.25) is 5.91 Å². The van der Waals surface area contributed by atoms with Crippen molar-refractivity contribution in [2.24, 2.45) is 0 Å². The molecule has 0 aromatic rings. The van der Waals surface area contributed by atoms with Crippen molar-refractivity contribution in [2.75, 3.05) is 6.61 Å². The average molecular weight is 259 g/mol. The summed E-state index contributed by atoms with van der Waals surface area (Å²) in [5.41, 5.74) is 0. The number of hydrogen-bond donors (Lipinski definition) is 3. The van der Waals surface area contributed by atoms with Crippen molar-refractivity contribution < 1.29 is 15.0 Å². The Labute approximate surface area is 111 Å². The molecule has 0 aliphatic carbocycles. The van der Waals surface area contributed by atoms with E-state index < -0.39 is 12.1 Å². The Hall–Kier alpha value is -0.610. The average Bonchev–Trinajstić information content (AvgIpc) is 2.34. The second-order valence-corrected chi connectivity index (χ2v) is 4.97. The first kappa shape index (κ1) is 17.4. The summed E-state index contributed by atoms with van der Waals surface area (Å²) in [6, 6.07) is -0.525. The summed E-state index contributed by atoms with van der Waals surface area (Å²) in [6.07, 6.45) is 8.38. The van der Waals surface area contributed by atoms with E-state index in [9.17, 15) is 9.90 Å². The Morgan fingerprint density at radius 2 is 1.67 bits per heavy atom. The molecule has 0 aliphatic heterocycles. The fourth-order valence-electron chi connectivity index (χ4n) is 2.04. The van der Waals surface area contributed by atoms with E-state index in [0.717, 1.165) is 12.8 Å². The van der Waals surface area contributed by atoms with Crippen LogP contribution in [0.2, 0.25) is 0 Å². The van der Waals surface area contributed by atoms with Crippen molar-refractivity contribution >= 4 is 5.91 Å². The molecule has 0 aromatic heterocycles. The van der Waals surface area contributed by atoms with Crippen molar-refractivity contribution in [3.05, 3.63) is 0 Å². The number of nitrogens with one attached hydrogen (secondary N) is 1. The van der Waals surface area contributed by atoms with Gasteiger partial charge in [-0.15, -0.1) is 0 Å². The molecule has 0 spiro atoms. The molecule has 18 heavy (non-hydrogen) atoms.